The largest absolute Gasteiger partial charge is 0.487 e. The lowest BCUT2D eigenvalue weighted by atomic mass is 10.0. The van der Waals surface area contributed by atoms with Gasteiger partial charge in [-0.1, -0.05) is 37.0 Å². The van der Waals surface area contributed by atoms with Crippen LogP contribution in [0.4, 0.5) is 0 Å². The summed E-state index contributed by atoms with van der Waals surface area (Å²) >= 11 is 0. The molecule has 0 radical (unpaired) electrons. The van der Waals surface area contributed by atoms with Crippen LogP contribution in [0.15, 0.2) is 53.4 Å². The van der Waals surface area contributed by atoms with E-state index < -0.39 is 22.2 Å². The van der Waals surface area contributed by atoms with Crippen LogP contribution in [0.2, 0.25) is 0 Å². The predicted octanol–water partition coefficient (Wildman–Crippen LogP) is 2.99. The second-order valence-corrected chi connectivity index (χ2v) is 11.4. The van der Waals surface area contributed by atoms with E-state index in [-0.39, 0.29) is 42.2 Å². The van der Waals surface area contributed by atoms with Crippen LogP contribution in [0, 0.1) is 23.7 Å². The number of amides is 1. The van der Waals surface area contributed by atoms with Crippen molar-refractivity contribution in [2.45, 2.75) is 43.7 Å². The average Bonchev–Trinajstić information content (AvgIpc) is 3.69. The zero-order valence-electron chi connectivity index (χ0n) is 20.3. The van der Waals surface area contributed by atoms with Crippen molar-refractivity contribution in [3.05, 3.63) is 59.7 Å². The van der Waals surface area contributed by atoms with Gasteiger partial charge in [-0.25, -0.2) is 8.42 Å². The Bertz CT molecular complexity index is 1230. The summed E-state index contributed by atoms with van der Waals surface area (Å²) < 4.78 is 34.8. The predicted molar refractivity (Wildman–Crippen MR) is 133 cm³/mol. The Kier molecular flexibility index (Phi) is 7.50. The number of benzene rings is 2. The van der Waals surface area contributed by atoms with Crippen molar-refractivity contribution in [2.24, 2.45) is 11.8 Å². The van der Waals surface area contributed by atoms with Crippen molar-refractivity contribution in [3.63, 3.8) is 0 Å². The Hall–Kier alpha value is -2.86. The highest BCUT2D eigenvalue weighted by molar-refractivity contribution is 7.89. The third kappa shape index (κ3) is 5.69. The second-order valence-electron chi connectivity index (χ2n) is 9.50. The van der Waals surface area contributed by atoms with Gasteiger partial charge in [0.05, 0.1) is 13.2 Å². The van der Waals surface area contributed by atoms with E-state index in [1.54, 1.807) is 43.1 Å². The van der Waals surface area contributed by atoms with Crippen LogP contribution in [-0.2, 0) is 10.0 Å². The summed E-state index contributed by atoms with van der Waals surface area (Å²) in [5, 5.41) is 9.79. The van der Waals surface area contributed by atoms with Gasteiger partial charge in [-0.2, -0.15) is 4.31 Å². The number of sulfonamides is 1. The molecule has 1 amide bonds. The number of hydrogen-bond donors (Lipinski definition) is 1. The maximum Gasteiger partial charge on any atom is 0.253 e. The highest BCUT2D eigenvalue weighted by atomic mass is 32.2. The maximum atomic E-state index is 13.6. The first-order chi connectivity index (χ1) is 16.7. The van der Waals surface area contributed by atoms with Crippen molar-refractivity contribution < 1.29 is 23.1 Å². The fourth-order valence-electron chi connectivity index (χ4n) is 4.09. The van der Waals surface area contributed by atoms with E-state index in [9.17, 15) is 18.3 Å². The molecule has 2 aromatic rings. The summed E-state index contributed by atoms with van der Waals surface area (Å²) in [5.41, 5.74) is 1.26. The van der Waals surface area contributed by atoms with E-state index >= 15 is 0 Å². The number of hydrogen-bond acceptors (Lipinski definition) is 5. The normalized spacial score (nSPS) is 22.4. The molecule has 1 aliphatic carbocycles. The molecular weight excluding hydrogens is 464 g/mol. The molecule has 0 saturated heterocycles. The molecule has 2 aliphatic rings. The van der Waals surface area contributed by atoms with Gasteiger partial charge in [0.1, 0.15) is 16.7 Å². The topological polar surface area (TPSA) is 87.2 Å². The Labute approximate surface area is 207 Å². The number of aliphatic hydroxyl groups is 1. The maximum absolute atomic E-state index is 13.6. The van der Waals surface area contributed by atoms with E-state index in [0.717, 1.165) is 12.8 Å². The summed E-state index contributed by atoms with van der Waals surface area (Å²) in [6.07, 6.45) is 1.72. The fourth-order valence-corrected chi connectivity index (χ4v) is 5.91. The number of ether oxygens (including phenoxy) is 1. The molecule has 2 aromatic carbocycles. The monoisotopic (exact) mass is 496 g/mol. The van der Waals surface area contributed by atoms with Crippen molar-refractivity contribution in [3.8, 4) is 17.6 Å². The summed E-state index contributed by atoms with van der Waals surface area (Å²) in [6, 6.07) is 13.3. The molecule has 8 heteroatoms. The van der Waals surface area contributed by atoms with Gasteiger partial charge in [0, 0.05) is 42.6 Å². The van der Waals surface area contributed by atoms with E-state index in [2.05, 4.69) is 11.8 Å². The molecule has 35 heavy (non-hydrogen) atoms. The van der Waals surface area contributed by atoms with Gasteiger partial charge in [-0.05, 0) is 50.1 Å². The molecule has 4 rings (SSSR count). The molecule has 1 fully saturated rings. The van der Waals surface area contributed by atoms with Crippen LogP contribution in [0.25, 0.3) is 0 Å². The van der Waals surface area contributed by atoms with Crippen molar-refractivity contribution in [2.75, 3.05) is 26.7 Å². The van der Waals surface area contributed by atoms with Crippen LogP contribution < -0.4 is 4.74 Å². The van der Waals surface area contributed by atoms with E-state index in [0.29, 0.717) is 17.0 Å². The minimum absolute atomic E-state index is 0.0451. The van der Waals surface area contributed by atoms with Gasteiger partial charge in [0.2, 0.25) is 10.0 Å². The molecule has 0 aromatic heterocycles. The van der Waals surface area contributed by atoms with E-state index in [1.807, 2.05) is 25.1 Å². The number of carbonyl (C=O) groups is 1. The Balaban J connectivity index is 1.69. The zero-order valence-corrected chi connectivity index (χ0v) is 21.2. The lowest BCUT2D eigenvalue weighted by Gasteiger charge is -2.37. The second kappa shape index (κ2) is 10.4. The number of rotatable bonds is 5. The number of fused-ring (bicyclic) bond motifs is 1. The Morgan fingerprint density at radius 2 is 1.94 bits per heavy atom. The molecule has 0 bridgehead atoms. The minimum atomic E-state index is -3.91. The SMILES string of the molecule is C[C@H]1CN([C@@H](C)CO)S(=O)(=O)c2ccc(C#CC3CC3)cc2O[C@@H]1CN(C)C(=O)c1ccccc1. The lowest BCUT2D eigenvalue weighted by Crippen LogP contribution is -2.50. The van der Waals surface area contributed by atoms with E-state index in [1.165, 1.54) is 10.4 Å². The molecule has 0 spiro atoms. The van der Waals surface area contributed by atoms with Crippen LogP contribution in [0.5, 0.6) is 5.75 Å². The molecule has 3 atom stereocenters. The minimum Gasteiger partial charge on any atom is -0.487 e. The van der Waals surface area contributed by atoms with Gasteiger partial charge in [0.25, 0.3) is 5.91 Å². The van der Waals surface area contributed by atoms with Gasteiger partial charge >= 0.3 is 0 Å². The molecular formula is C27H32N2O5S. The van der Waals surface area contributed by atoms with Crippen LogP contribution in [0.1, 0.15) is 42.6 Å². The number of likely N-dealkylation sites (N-methyl/N-ethyl adjacent to an activating group) is 1. The molecule has 1 N–H and O–H groups in total. The standard InChI is InChI=1S/C27H32N2O5S/c1-19-16-29(20(2)18-30)35(32,33)26-14-13-22(12-11-21-9-10-21)15-24(26)34-25(19)17-28(3)27(31)23-7-5-4-6-8-23/h4-8,13-15,19-21,25,30H,9-10,16-18H2,1-3H3/t19-,20-,25+/m0/s1. The fraction of sp³-hybridized carbons (Fsp3) is 0.444. The first-order valence-corrected chi connectivity index (χ1v) is 13.4. The highest BCUT2D eigenvalue weighted by Crippen LogP contribution is 2.34. The van der Waals surface area contributed by atoms with Crippen LogP contribution in [0.3, 0.4) is 0 Å². The lowest BCUT2D eigenvalue weighted by molar-refractivity contribution is 0.0563. The highest BCUT2D eigenvalue weighted by Gasteiger charge is 2.38. The Morgan fingerprint density at radius 3 is 2.60 bits per heavy atom. The molecule has 0 unspecified atom stereocenters. The first kappa shape index (κ1) is 25.2. The third-order valence-electron chi connectivity index (χ3n) is 6.49. The number of carbonyl (C=O) groups excluding carboxylic acids is 1. The summed E-state index contributed by atoms with van der Waals surface area (Å²) in [6.45, 7) is 3.71. The van der Waals surface area contributed by atoms with Gasteiger partial charge in [-0.3, -0.25) is 4.79 Å². The van der Waals surface area contributed by atoms with Gasteiger partial charge in [-0.15, -0.1) is 0 Å². The zero-order chi connectivity index (χ0) is 25.2. The Morgan fingerprint density at radius 1 is 1.23 bits per heavy atom. The van der Waals surface area contributed by atoms with Crippen LogP contribution >= 0.6 is 0 Å². The number of nitrogens with zero attached hydrogens (tertiary/aromatic N) is 2. The van der Waals surface area contributed by atoms with Gasteiger partial charge in [0.15, 0.2) is 0 Å². The average molecular weight is 497 g/mol. The molecule has 7 nitrogen and oxygen atoms in total. The summed E-state index contributed by atoms with van der Waals surface area (Å²) in [7, 11) is -2.20. The van der Waals surface area contributed by atoms with Crippen molar-refractivity contribution in [1.82, 2.24) is 9.21 Å². The van der Waals surface area contributed by atoms with Gasteiger partial charge < -0.3 is 14.7 Å². The summed E-state index contributed by atoms with van der Waals surface area (Å²) in [4.78, 5) is 14.6. The quantitative estimate of drug-likeness (QED) is 0.643. The molecule has 186 valence electrons. The van der Waals surface area contributed by atoms with Crippen molar-refractivity contribution >= 4 is 15.9 Å². The smallest absolute Gasteiger partial charge is 0.253 e. The number of aliphatic hydroxyl groups excluding tert-OH is 1. The molecule has 1 heterocycles. The summed E-state index contributed by atoms with van der Waals surface area (Å²) in [5.74, 6) is 6.57. The molecule has 1 aliphatic heterocycles. The van der Waals surface area contributed by atoms with E-state index in [4.69, 9.17) is 4.74 Å². The van der Waals surface area contributed by atoms with Crippen molar-refractivity contribution in [1.29, 1.82) is 0 Å². The van der Waals surface area contributed by atoms with Crippen LogP contribution in [-0.4, -0.2) is 67.5 Å². The molecule has 1 saturated carbocycles. The first-order valence-electron chi connectivity index (χ1n) is 12.0. The third-order valence-corrected chi connectivity index (χ3v) is 8.51.